The summed E-state index contributed by atoms with van der Waals surface area (Å²) in [4.78, 5) is 15.0. The lowest BCUT2D eigenvalue weighted by Gasteiger charge is -2.19. The summed E-state index contributed by atoms with van der Waals surface area (Å²) in [6.07, 6.45) is 1.94. The van der Waals surface area contributed by atoms with Crippen molar-refractivity contribution in [3.63, 3.8) is 0 Å². The molecule has 0 aliphatic carbocycles. The number of fused-ring (bicyclic) bond motifs is 3. The van der Waals surface area contributed by atoms with Crippen molar-refractivity contribution in [3.05, 3.63) is 65.9 Å². The van der Waals surface area contributed by atoms with Gasteiger partial charge in [-0.15, -0.1) is 0 Å². The van der Waals surface area contributed by atoms with Crippen LogP contribution in [0.2, 0.25) is 0 Å². The predicted molar refractivity (Wildman–Crippen MR) is 109 cm³/mol. The van der Waals surface area contributed by atoms with E-state index in [4.69, 9.17) is 9.47 Å². The summed E-state index contributed by atoms with van der Waals surface area (Å²) < 4.78 is 11.6. The molecule has 5 rings (SSSR count). The molecule has 6 heteroatoms. The maximum absolute atomic E-state index is 13.1. The molecule has 0 saturated carbocycles. The highest BCUT2D eigenvalue weighted by Crippen LogP contribution is 2.37. The van der Waals surface area contributed by atoms with Crippen LogP contribution < -0.4 is 9.47 Å². The third-order valence-corrected chi connectivity index (χ3v) is 5.71. The Labute approximate surface area is 169 Å². The fourth-order valence-corrected chi connectivity index (χ4v) is 4.11. The number of hydrogen-bond donors (Lipinski definition) is 1. The van der Waals surface area contributed by atoms with Crippen molar-refractivity contribution in [1.82, 2.24) is 15.1 Å². The van der Waals surface area contributed by atoms with E-state index in [-0.39, 0.29) is 5.91 Å². The van der Waals surface area contributed by atoms with Crippen LogP contribution in [0.25, 0.3) is 11.3 Å². The number of carbonyl (C=O) groups is 1. The fraction of sp³-hybridized carbons (Fsp3) is 0.304. The van der Waals surface area contributed by atoms with Gasteiger partial charge in [0.15, 0.2) is 0 Å². The van der Waals surface area contributed by atoms with Gasteiger partial charge < -0.3 is 14.4 Å². The van der Waals surface area contributed by atoms with Gasteiger partial charge in [-0.1, -0.05) is 30.3 Å². The summed E-state index contributed by atoms with van der Waals surface area (Å²) in [6.45, 7) is 2.55. The molecular weight excluding hydrogens is 366 g/mol. The van der Waals surface area contributed by atoms with Crippen LogP contribution in [0.1, 0.15) is 28.9 Å². The average Bonchev–Trinajstić information content (AvgIpc) is 3.41. The molecule has 0 radical (unpaired) electrons. The molecule has 0 bridgehead atoms. The van der Waals surface area contributed by atoms with E-state index in [2.05, 4.69) is 10.2 Å². The van der Waals surface area contributed by atoms with Crippen LogP contribution in [-0.4, -0.2) is 40.7 Å². The van der Waals surface area contributed by atoms with Crippen molar-refractivity contribution in [2.24, 2.45) is 5.92 Å². The molecule has 2 aliphatic rings. The first-order chi connectivity index (χ1) is 14.3. The fourth-order valence-electron chi connectivity index (χ4n) is 4.11. The van der Waals surface area contributed by atoms with Crippen molar-refractivity contribution in [2.75, 3.05) is 19.7 Å². The highest BCUT2D eigenvalue weighted by molar-refractivity contribution is 5.96. The lowest BCUT2D eigenvalue weighted by atomic mass is 10.0. The van der Waals surface area contributed by atoms with Gasteiger partial charge in [-0.2, -0.15) is 5.10 Å². The van der Waals surface area contributed by atoms with E-state index in [1.165, 1.54) is 0 Å². The molecule has 3 heterocycles. The first-order valence-electron chi connectivity index (χ1n) is 10.1. The van der Waals surface area contributed by atoms with E-state index in [1.807, 2.05) is 59.5 Å². The maximum Gasteiger partial charge on any atom is 0.272 e. The Bertz CT molecular complexity index is 1020. The number of H-pyrrole nitrogens is 1. The van der Waals surface area contributed by atoms with Crippen LogP contribution in [0.5, 0.6) is 11.5 Å². The highest BCUT2D eigenvalue weighted by Gasteiger charge is 2.32. The predicted octanol–water partition coefficient (Wildman–Crippen LogP) is 3.90. The van der Waals surface area contributed by atoms with Gasteiger partial charge in [-0.25, -0.2) is 0 Å². The molecular formula is C23H23N3O3. The molecule has 2 aliphatic heterocycles. The summed E-state index contributed by atoms with van der Waals surface area (Å²) in [5.41, 5.74) is 3.16. The third-order valence-electron chi connectivity index (χ3n) is 5.71. The van der Waals surface area contributed by atoms with Crippen molar-refractivity contribution in [3.8, 4) is 22.8 Å². The van der Waals surface area contributed by atoms with E-state index in [0.29, 0.717) is 24.8 Å². The second-order valence-electron chi connectivity index (χ2n) is 7.57. The maximum atomic E-state index is 13.1. The van der Waals surface area contributed by atoms with Crippen LogP contribution in [0, 0.1) is 5.92 Å². The molecule has 1 amide bonds. The van der Waals surface area contributed by atoms with Gasteiger partial charge in [0, 0.05) is 24.2 Å². The Balaban J connectivity index is 1.22. The van der Waals surface area contributed by atoms with E-state index in [9.17, 15) is 4.79 Å². The summed E-state index contributed by atoms with van der Waals surface area (Å²) in [5.74, 6) is 2.17. The normalized spacial score (nSPS) is 17.4. The zero-order chi connectivity index (χ0) is 19.6. The van der Waals surface area contributed by atoms with Crippen LogP contribution in [0.15, 0.2) is 54.6 Å². The summed E-state index contributed by atoms with van der Waals surface area (Å²) >= 11 is 0. The summed E-state index contributed by atoms with van der Waals surface area (Å²) in [7, 11) is 0. The zero-order valence-electron chi connectivity index (χ0n) is 16.1. The van der Waals surface area contributed by atoms with E-state index in [0.717, 1.165) is 54.3 Å². The molecule has 148 valence electrons. The molecule has 3 aromatic rings. The van der Waals surface area contributed by atoms with Gasteiger partial charge in [-0.05, 0) is 43.0 Å². The summed E-state index contributed by atoms with van der Waals surface area (Å²) in [6, 6.07) is 17.6. The quantitative estimate of drug-likeness (QED) is 0.719. The smallest absolute Gasteiger partial charge is 0.272 e. The zero-order valence-corrected chi connectivity index (χ0v) is 16.1. The number of aromatic amines is 1. The molecule has 1 fully saturated rings. The molecule has 1 unspecified atom stereocenters. The Morgan fingerprint density at radius 3 is 2.90 bits per heavy atom. The first kappa shape index (κ1) is 17.8. The number of nitrogens with zero attached hydrogens (tertiary/aromatic N) is 2. The molecule has 2 aromatic carbocycles. The summed E-state index contributed by atoms with van der Waals surface area (Å²) in [5, 5.41) is 7.39. The molecule has 1 N–H and O–H groups in total. The van der Waals surface area contributed by atoms with Crippen molar-refractivity contribution in [2.45, 2.75) is 19.4 Å². The minimum absolute atomic E-state index is 0.00760. The number of amides is 1. The van der Waals surface area contributed by atoms with Crippen LogP contribution in [-0.2, 0) is 6.61 Å². The van der Waals surface area contributed by atoms with E-state index < -0.39 is 0 Å². The van der Waals surface area contributed by atoms with Crippen LogP contribution in [0.4, 0.5) is 0 Å². The number of para-hydroxylation sites is 2. The minimum Gasteiger partial charge on any atom is -0.494 e. The SMILES string of the molecule is O=C(c1[nH]nc2c1COc1ccccc1-2)N1CCC(CCOc2ccccc2)C1. The van der Waals surface area contributed by atoms with Gasteiger partial charge >= 0.3 is 0 Å². The Hall–Kier alpha value is -3.28. The average molecular weight is 389 g/mol. The standard InChI is InChI=1S/C23H23N3O3/c27-23(22-19-15-29-20-9-5-4-8-18(20)21(19)24-25-22)26-12-10-16(14-26)11-13-28-17-6-2-1-3-7-17/h1-9,16H,10-15H2,(H,24,25). The van der Waals surface area contributed by atoms with Gasteiger partial charge in [0.1, 0.15) is 29.5 Å². The minimum atomic E-state index is 0.00760. The van der Waals surface area contributed by atoms with E-state index >= 15 is 0 Å². The van der Waals surface area contributed by atoms with Gasteiger partial charge in [0.2, 0.25) is 0 Å². The van der Waals surface area contributed by atoms with Gasteiger partial charge in [-0.3, -0.25) is 9.89 Å². The molecule has 1 aromatic heterocycles. The number of hydrogen-bond acceptors (Lipinski definition) is 4. The van der Waals surface area contributed by atoms with Gasteiger partial charge in [0.05, 0.1) is 6.61 Å². The monoisotopic (exact) mass is 389 g/mol. The Kier molecular flexibility index (Phi) is 4.68. The number of ether oxygens (including phenoxy) is 2. The second-order valence-corrected chi connectivity index (χ2v) is 7.57. The number of rotatable bonds is 5. The van der Waals surface area contributed by atoms with Crippen LogP contribution in [0.3, 0.4) is 0 Å². The Morgan fingerprint density at radius 2 is 2.00 bits per heavy atom. The molecule has 1 atom stereocenters. The largest absolute Gasteiger partial charge is 0.494 e. The number of carbonyl (C=O) groups excluding carboxylic acids is 1. The van der Waals surface area contributed by atoms with Crippen molar-refractivity contribution < 1.29 is 14.3 Å². The van der Waals surface area contributed by atoms with Crippen LogP contribution >= 0.6 is 0 Å². The highest BCUT2D eigenvalue weighted by atomic mass is 16.5. The first-order valence-corrected chi connectivity index (χ1v) is 10.1. The van der Waals surface area contributed by atoms with Crippen molar-refractivity contribution >= 4 is 5.91 Å². The number of aromatic nitrogens is 2. The number of benzene rings is 2. The topological polar surface area (TPSA) is 67.5 Å². The second kappa shape index (κ2) is 7.62. The number of nitrogens with one attached hydrogen (secondary N) is 1. The molecule has 29 heavy (non-hydrogen) atoms. The molecule has 0 spiro atoms. The lowest BCUT2D eigenvalue weighted by molar-refractivity contribution is 0.0776. The van der Waals surface area contributed by atoms with E-state index in [1.54, 1.807) is 0 Å². The number of likely N-dealkylation sites (tertiary alicyclic amines) is 1. The molecule has 6 nitrogen and oxygen atoms in total. The lowest BCUT2D eigenvalue weighted by Crippen LogP contribution is -2.30. The van der Waals surface area contributed by atoms with Crippen molar-refractivity contribution in [1.29, 1.82) is 0 Å². The van der Waals surface area contributed by atoms with Gasteiger partial charge in [0.25, 0.3) is 5.91 Å². The Morgan fingerprint density at radius 1 is 1.17 bits per heavy atom. The molecule has 1 saturated heterocycles. The third kappa shape index (κ3) is 3.46.